The standard InChI is InChI=1S/C14H17ClN2O3S2/c1-3-11-14(9(2)16-20-11)10-5-4-8-17(10)22(18,19)13-7-6-12(15)21-13/h6-7,10H,3-5,8H2,1-2H3/t10-/m1/s1. The molecule has 0 spiro atoms. The predicted octanol–water partition coefficient (Wildman–Crippen LogP) is 3.79. The molecule has 120 valence electrons. The molecule has 1 fully saturated rings. The number of nitrogens with zero attached hydrogens (tertiary/aromatic N) is 2. The Bertz CT molecular complexity index is 782. The van der Waals surface area contributed by atoms with Crippen molar-refractivity contribution in [3.05, 3.63) is 33.5 Å². The molecule has 2 aromatic heterocycles. The van der Waals surface area contributed by atoms with Crippen LogP contribution in [0, 0.1) is 6.92 Å². The van der Waals surface area contributed by atoms with Gasteiger partial charge in [-0.2, -0.15) is 4.31 Å². The van der Waals surface area contributed by atoms with Gasteiger partial charge in [0.2, 0.25) is 0 Å². The normalized spacial score (nSPS) is 19.9. The van der Waals surface area contributed by atoms with E-state index in [1.54, 1.807) is 16.4 Å². The van der Waals surface area contributed by atoms with Crippen LogP contribution in [0.5, 0.6) is 0 Å². The van der Waals surface area contributed by atoms with Gasteiger partial charge in [-0.15, -0.1) is 11.3 Å². The highest BCUT2D eigenvalue weighted by Crippen LogP contribution is 2.41. The zero-order chi connectivity index (χ0) is 15.9. The van der Waals surface area contributed by atoms with Crippen LogP contribution in [0.4, 0.5) is 0 Å². The number of halogens is 1. The molecule has 22 heavy (non-hydrogen) atoms. The van der Waals surface area contributed by atoms with E-state index < -0.39 is 10.0 Å². The molecular formula is C14H17ClN2O3S2. The summed E-state index contributed by atoms with van der Waals surface area (Å²) in [6.45, 7) is 4.36. The number of hydrogen-bond acceptors (Lipinski definition) is 5. The van der Waals surface area contributed by atoms with Gasteiger partial charge in [-0.1, -0.05) is 23.7 Å². The van der Waals surface area contributed by atoms with Gasteiger partial charge in [0.1, 0.15) is 9.97 Å². The third kappa shape index (κ3) is 2.60. The Morgan fingerprint density at radius 3 is 2.91 bits per heavy atom. The van der Waals surface area contributed by atoms with E-state index in [0.717, 1.165) is 41.2 Å². The number of thiophene rings is 1. The van der Waals surface area contributed by atoms with Crippen molar-refractivity contribution < 1.29 is 12.9 Å². The Morgan fingerprint density at radius 2 is 2.27 bits per heavy atom. The summed E-state index contributed by atoms with van der Waals surface area (Å²) in [7, 11) is -3.54. The maximum absolute atomic E-state index is 12.9. The highest BCUT2D eigenvalue weighted by molar-refractivity contribution is 7.91. The minimum Gasteiger partial charge on any atom is -0.361 e. The van der Waals surface area contributed by atoms with Crippen LogP contribution < -0.4 is 0 Å². The summed E-state index contributed by atoms with van der Waals surface area (Å²) in [6, 6.07) is 2.98. The van der Waals surface area contributed by atoms with Crippen LogP contribution in [0.3, 0.4) is 0 Å². The summed E-state index contributed by atoms with van der Waals surface area (Å²) in [5.41, 5.74) is 1.69. The lowest BCUT2D eigenvalue weighted by Gasteiger charge is -2.23. The predicted molar refractivity (Wildman–Crippen MR) is 85.8 cm³/mol. The minimum absolute atomic E-state index is 0.202. The second-order valence-electron chi connectivity index (χ2n) is 5.29. The number of aryl methyl sites for hydroxylation is 2. The number of rotatable bonds is 4. The topological polar surface area (TPSA) is 63.4 Å². The molecule has 5 nitrogen and oxygen atoms in total. The van der Waals surface area contributed by atoms with E-state index >= 15 is 0 Å². The summed E-state index contributed by atoms with van der Waals surface area (Å²) >= 11 is 6.98. The Labute approximate surface area is 138 Å². The average molecular weight is 361 g/mol. The van der Waals surface area contributed by atoms with E-state index in [0.29, 0.717) is 17.3 Å². The third-order valence-electron chi connectivity index (χ3n) is 3.95. The number of hydrogen-bond donors (Lipinski definition) is 0. The molecule has 0 radical (unpaired) electrons. The molecule has 1 saturated heterocycles. The lowest BCUT2D eigenvalue weighted by molar-refractivity contribution is 0.368. The Morgan fingerprint density at radius 1 is 1.50 bits per heavy atom. The molecule has 3 rings (SSSR count). The average Bonchev–Trinajstić information content (AvgIpc) is 3.17. The molecule has 0 aliphatic carbocycles. The van der Waals surface area contributed by atoms with Crippen LogP contribution in [0.15, 0.2) is 20.9 Å². The molecule has 0 N–H and O–H groups in total. The van der Waals surface area contributed by atoms with E-state index in [1.165, 1.54) is 0 Å². The Kier molecular flexibility index (Phi) is 4.33. The Hall–Kier alpha value is -0.890. The number of sulfonamides is 1. The van der Waals surface area contributed by atoms with E-state index in [1.807, 2.05) is 13.8 Å². The molecular weight excluding hydrogens is 344 g/mol. The molecule has 8 heteroatoms. The van der Waals surface area contributed by atoms with Crippen molar-refractivity contribution >= 4 is 33.0 Å². The lowest BCUT2D eigenvalue weighted by Crippen LogP contribution is -2.30. The molecule has 0 saturated carbocycles. The SMILES string of the molecule is CCc1onc(C)c1[C@H]1CCCN1S(=O)(=O)c1ccc(Cl)s1. The van der Waals surface area contributed by atoms with Crippen LogP contribution in [0.25, 0.3) is 0 Å². The first-order chi connectivity index (χ1) is 10.4. The van der Waals surface area contributed by atoms with Crippen molar-refractivity contribution in [3.8, 4) is 0 Å². The summed E-state index contributed by atoms with van der Waals surface area (Å²) in [5.74, 6) is 0.772. The van der Waals surface area contributed by atoms with Gasteiger partial charge < -0.3 is 4.52 Å². The maximum atomic E-state index is 12.9. The van der Waals surface area contributed by atoms with Crippen molar-refractivity contribution in [3.63, 3.8) is 0 Å². The number of aromatic nitrogens is 1. The maximum Gasteiger partial charge on any atom is 0.253 e. The highest BCUT2D eigenvalue weighted by Gasteiger charge is 2.39. The van der Waals surface area contributed by atoms with Gasteiger partial charge in [0, 0.05) is 18.5 Å². The molecule has 1 aliphatic heterocycles. The largest absolute Gasteiger partial charge is 0.361 e. The first-order valence-corrected chi connectivity index (χ1v) is 9.80. The first kappa shape index (κ1) is 16.0. The van der Waals surface area contributed by atoms with Crippen LogP contribution in [0.1, 0.15) is 42.8 Å². The van der Waals surface area contributed by atoms with Gasteiger partial charge in [0.25, 0.3) is 10.0 Å². The fourth-order valence-electron chi connectivity index (χ4n) is 2.97. The van der Waals surface area contributed by atoms with Crippen molar-refractivity contribution in [1.29, 1.82) is 0 Å². The quantitative estimate of drug-likeness (QED) is 0.832. The van der Waals surface area contributed by atoms with Crippen LogP contribution in [-0.4, -0.2) is 24.4 Å². The molecule has 0 bridgehead atoms. The highest BCUT2D eigenvalue weighted by atomic mass is 35.5. The van der Waals surface area contributed by atoms with Crippen molar-refractivity contribution in [2.45, 2.75) is 43.4 Å². The first-order valence-electron chi connectivity index (χ1n) is 7.17. The molecule has 2 aromatic rings. The fraction of sp³-hybridized carbons (Fsp3) is 0.500. The van der Waals surface area contributed by atoms with Gasteiger partial charge in [0.05, 0.1) is 16.1 Å². The van der Waals surface area contributed by atoms with E-state index in [4.69, 9.17) is 16.1 Å². The van der Waals surface area contributed by atoms with Crippen molar-refractivity contribution in [2.24, 2.45) is 0 Å². The van der Waals surface area contributed by atoms with Crippen molar-refractivity contribution in [1.82, 2.24) is 9.46 Å². The Balaban J connectivity index is 2.02. The molecule has 3 heterocycles. The zero-order valence-corrected chi connectivity index (χ0v) is 14.8. The van der Waals surface area contributed by atoms with Crippen molar-refractivity contribution in [2.75, 3.05) is 6.54 Å². The van der Waals surface area contributed by atoms with Gasteiger partial charge in [0.15, 0.2) is 0 Å². The van der Waals surface area contributed by atoms with Crippen LogP contribution in [0.2, 0.25) is 4.34 Å². The minimum atomic E-state index is -3.54. The monoisotopic (exact) mass is 360 g/mol. The summed E-state index contributed by atoms with van der Waals surface area (Å²) < 4.78 is 33.4. The second-order valence-corrected chi connectivity index (χ2v) is 9.12. The van der Waals surface area contributed by atoms with Gasteiger partial charge in [-0.3, -0.25) is 0 Å². The summed E-state index contributed by atoms with van der Waals surface area (Å²) in [5, 5.41) is 4.01. The summed E-state index contributed by atoms with van der Waals surface area (Å²) in [6.07, 6.45) is 2.32. The third-order valence-corrected chi connectivity index (χ3v) is 7.56. The molecule has 1 atom stereocenters. The zero-order valence-electron chi connectivity index (χ0n) is 12.4. The molecule has 1 aliphatic rings. The van der Waals surface area contributed by atoms with Gasteiger partial charge in [-0.25, -0.2) is 8.42 Å². The smallest absolute Gasteiger partial charge is 0.253 e. The van der Waals surface area contributed by atoms with Gasteiger partial charge >= 0.3 is 0 Å². The van der Waals surface area contributed by atoms with E-state index in [-0.39, 0.29) is 10.3 Å². The van der Waals surface area contributed by atoms with Crippen LogP contribution in [-0.2, 0) is 16.4 Å². The second kappa shape index (κ2) is 5.96. The summed E-state index contributed by atoms with van der Waals surface area (Å²) in [4.78, 5) is 0. The molecule has 0 amide bonds. The molecule has 0 aromatic carbocycles. The van der Waals surface area contributed by atoms with E-state index in [9.17, 15) is 8.42 Å². The van der Waals surface area contributed by atoms with E-state index in [2.05, 4.69) is 5.16 Å². The lowest BCUT2D eigenvalue weighted by atomic mass is 10.0. The fourth-order valence-corrected chi connectivity index (χ4v) is 6.25. The molecule has 0 unspecified atom stereocenters. The van der Waals surface area contributed by atoms with Gasteiger partial charge in [-0.05, 0) is 31.9 Å². The van der Waals surface area contributed by atoms with Crippen LogP contribution >= 0.6 is 22.9 Å².